The van der Waals surface area contributed by atoms with E-state index >= 15 is 0 Å². The average molecular weight is 475 g/mol. The third-order valence-corrected chi connectivity index (χ3v) is 6.83. The zero-order valence-corrected chi connectivity index (χ0v) is 21.3. The molecule has 2 aromatic rings. The highest BCUT2D eigenvalue weighted by atomic mass is 32.1. The molecule has 0 spiro atoms. The number of thiophene rings is 1. The maximum absolute atomic E-state index is 13.2. The van der Waals surface area contributed by atoms with E-state index in [4.69, 9.17) is 14.2 Å². The van der Waals surface area contributed by atoms with Crippen molar-refractivity contribution in [3.05, 3.63) is 39.8 Å². The first-order valence-electron chi connectivity index (χ1n) is 11.4. The highest BCUT2D eigenvalue weighted by molar-refractivity contribution is 7.17. The standard InChI is InChI=1S/C25H34N2O5S/c1-8-30-17-12-11-15(13-18(17)31-9-2)21(28)26-22-19(23(29)32-10-3)16-14-24(4,5)27-25(6,7)20(16)33-22/h11-13,27H,8-10,14H2,1-7H3,(H,26,28). The van der Waals surface area contributed by atoms with Gasteiger partial charge in [0.2, 0.25) is 0 Å². The third-order valence-electron chi connectivity index (χ3n) is 5.36. The number of carbonyl (C=O) groups excluding carboxylic acids is 2. The monoisotopic (exact) mass is 474 g/mol. The molecule has 33 heavy (non-hydrogen) atoms. The number of benzene rings is 1. The predicted molar refractivity (Wildman–Crippen MR) is 131 cm³/mol. The summed E-state index contributed by atoms with van der Waals surface area (Å²) in [5.41, 5.74) is 1.24. The minimum absolute atomic E-state index is 0.207. The van der Waals surface area contributed by atoms with E-state index in [1.807, 2.05) is 13.8 Å². The van der Waals surface area contributed by atoms with Gasteiger partial charge in [-0.2, -0.15) is 0 Å². The van der Waals surface area contributed by atoms with Crippen molar-refractivity contribution >= 4 is 28.2 Å². The molecule has 2 heterocycles. The van der Waals surface area contributed by atoms with Crippen molar-refractivity contribution in [3.63, 3.8) is 0 Å². The fraction of sp³-hybridized carbons (Fsp3) is 0.520. The van der Waals surface area contributed by atoms with Crippen LogP contribution in [0.25, 0.3) is 0 Å². The lowest BCUT2D eigenvalue weighted by atomic mass is 9.81. The summed E-state index contributed by atoms with van der Waals surface area (Å²) in [6.07, 6.45) is 0.657. The van der Waals surface area contributed by atoms with Crippen LogP contribution in [0.3, 0.4) is 0 Å². The van der Waals surface area contributed by atoms with Gasteiger partial charge in [0.15, 0.2) is 11.5 Å². The van der Waals surface area contributed by atoms with Gasteiger partial charge in [-0.3, -0.25) is 4.79 Å². The Morgan fingerprint density at radius 2 is 1.70 bits per heavy atom. The molecule has 0 radical (unpaired) electrons. The van der Waals surface area contributed by atoms with Gasteiger partial charge in [-0.1, -0.05) is 0 Å². The fourth-order valence-electron chi connectivity index (χ4n) is 4.40. The zero-order chi connectivity index (χ0) is 24.4. The third kappa shape index (κ3) is 5.33. The topological polar surface area (TPSA) is 85.9 Å². The molecule has 7 nitrogen and oxygen atoms in total. The number of carbonyl (C=O) groups is 2. The number of anilines is 1. The average Bonchev–Trinajstić information content (AvgIpc) is 3.06. The lowest BCUT2D eigenvalue weighted by Crippen LogP contribution is -2.55. The van der Waals surface area contributed by atoms with Gasteiger partial charge in [0.1, 0.15) is 5.00 Å². The number of hydrogen-bond donors (Lipinski definition) is 2. The Morgan fingerprint density at radius 3 is 2.33 bits per heavy atom. The molecule has 8 heteroatoms. The van der Waals surface area contributed by atoms with Gasteiger partial charge in [-0.15, -0.1) is 11.3 Å². The minimum Gasteiger partial charge on any atom is -0.490 e. The Hall–Kier alpha value is -2.58. The van der Waals surface area contributed by atoms with Crippen molar-refractivity contribution < 1.29 is 23.8 Å². The van der Waals surface area contributed by atoms with Crippen LogP contribution in [0.5, 0.6) is 11.5 Å². The first kappa shape index (κ1) is 25.1. The van der Waals surface area contributed by atoms with Gasteiger partial charge >= 0.3 is 5.97 Å². The number of ether oxygens (including phenoxy) is 3. The zero-order valence-electron chi connectivity index (χ0n) is 20.5. The molecule has 1 aliphatic rings. The van der Waals surface area contributed by atoms with Crippen LogP contribution in [0, 0.1) is 0 Å². The Kier molecular flexibility index (Phi) is 7.39. The number of rotatable bonds is 8. The van der Waals surface area contributed by atoms with E-state index in [-0.39, 0.29) is 23.6 Å². The molecular weight excluding hydrogens is 440 g/mol. The summed E-state index contributed by atoms with van der Waals surface area (Å²) in [7, 11) is 0. The van der Waals surface area contributed by atoms with Gasteiger partial charge in [0, 0.05) is 21.5 Å². The lowest BCUT2D eigenvalue weighted by Gasteiger charge is -2.42. The fourth-order valence-corrected chi connectivity index (χ4v) is 5.66. The molecule has 180 valence electrons. The molecule has 1 aliphatic heterocycles. The minimum atomic E-state index is -0.416. The maximum Gasteiger partial charge on any atom is 0.341 e. The number of hydrogen-bond acceptors (Lipinski definition) is 7. The molecule has 0 atom stereocenters. The number of esters is 1. The normalized spacial score (nSPS) is 16.0. The lowest BCUT2D eigenvalue weighted by molar-refractivity contribution is 0.0525. The molecule has 3 rings (SSSR count). The molecule has 0 bridgehead atoms. The largest absolute Gasteiger partial charge is 0.490 e. The molecule has 0 saturated heterocycles. The van der Waals surface area contributed by atoms with E-state index < -0.39 is 5.97 Å². The molecule has 0 unspecified atom stereocenters. The summed E-state index contributed by atoms with van der Waals surface area (Å²) in [5, 5.41) is 7.11. The molecular formula is C25H34N2O5S. The summed E-state index contributed by atoms with van der Waals surface area (Å²) in [5.74, 6) is 0.355. The van der Waals surface area contributed by atoms with Crippen LogP contribution in [-0.2, 0) is 16.7 Å². The van der Waals surface area contributed by atoms with Gasteiger partial charge in [-0.05, 0) is 78.6 Å². The Morgan fingerprint density at radius 1 is 1.03 bits per heavy atom. The number of fused-ring (bicyclic) bond motifs is 1. The quantitative estimate of drug-likeness (QED) is 0.516. The Labute approximate surface area is 199 Å². The van der Waals surface area contributed by atoms with Crippen molar-refractivity contribution in [2.75, 3.05) is 25.1 Å². The smallest absolute Gasteiger partial charge is 0.341 e. The van der Waals surface area contributed by atoms with Crippen LogP contribution in [0.2, 0.25) is 0 Å². The molecule has 2 N–H and O–H groups in total. The van der Waals surface area contributed by atoms with E-state index in [1.165, 1.54) is 11.3 Å². The number of nitrogens with one attached hydrogen (secondary N) is 2. The van der Waals surface area contributed by atoms with Crippen LogP contribution in [-0.4, -0.2) is 37.2 Å². The van der Waals surface area contributed by atoms with E-state index in [1.54, 1.807) is 25.1 Å². The van der Waals surface area contributed by atoms with Crippen molar-refractivity contribution in [1.82, 2.24) is 5.32 Å². The van der Waals surface area contributed by atoms with Crippen LogP contribution >= 0.6 is 11.3 Å². The van der Waals surface area contributed by atoms with Crippen molar-refractivity contribution in [2.24, 2.45) is 0 Å². The maximum atomic E-state index is 13.2. The van der Waals surface area contributed by atoms with Crippen LogP contribution in [0.1, 0.15) is 79.6 Å². The highest BCUT2D eigenvalue weighted by Gasteiger charge is 2.42. The van der Waals surface area contributed by atoms with E-state index in [9.17, 15) is 9.59 Å². The number of amides is 1. The second-order valence-corrected chi connectivity index (χ2v) is 10.1. The van der Waals surface area contributed by atoms with Crippen molar-refractivity contribution in [2.45, 2.75) is 66.0 Å². The van der Waals surface area contributed by atoms with E-state index in [2.05, 4.69) is 38.3 Å². The predicted octanol–water partition coefficient (Wildman–Crippen LogP) is 5.13. The summed E-state index contributed by atoms with van der Waals surface area (Å²) in [4.78, 5) is 27.2. The second kappa shape index (κ2) is 9.73. The molecule has 0 saturated carbocycles. The van der Waals surface area contributed by atoms with Crippen LogP contribution in [0.4, 0.5) is 5.00 Å². The highest BCUT2D eigenvalue weighted by Crippen LogP contribution is 2.45. The summed E-state index contributed by atoms with van der Waals surface area (Å²) in [6.45, 7) is 15.1. The summed E-state index contributed by atoms with van der Waals surface area (Å²) in [6, 6.07) is 5.08. The Balaban J connectivity index is 2.02. The van der Waals surface area contributed by atoms with Gasteiger partial charge < -0.3 is 24.8 Å². The van der Waals surface area contributed by atoms with E-state index in [0.29, 0.717) is 47.3 Å². The second-order valence-electron chi connectivity index (χ2n) is 9.13. The van der Waals surface area contributed by atoms with Crippen molar-refractivity contribution in [3.8, 4) is 11.5 Å². The van der Waals surface area contributed by atoms with Crippen molar-refractivity contribution in [1.29, 1.82) is 0 Å². The van der Waals surface area contributed by atoms with Crippen LogP contribution < -0.4 is 20.1 Å². The molecule has 0 fully saturated rings. The molecule has 1 amide bonds. The van der Waals surface area contributed by atoms with Gasteiger partial charge in [0.25, 0.3) is 5.91 Å². The molecule has 1 aromatic carbocycles. The summed E-state index contributed by atoms with van der Waals surface area (Å²) >= 11 is 1.42. The molecule has 0 aliphatic carbocycles. The van der Waals surface area contributed by atoms with Gasteiger partial charge in [0.05, 0.1) is 25.4 Å². The summed E-state index contributed by atoms with van der Waals surface area (Å²) < 4.78 is 16.6. The van der Waals surface area contributed by atoms with E-state index in [0.717, 1.165) is 10.4 Å². The molecule has 1 aromatic heterocycles. The first-order chi connectivity index (χ1) is 15.5. The van der Waals surface area contributed by atoms with Crippen LogP contribution in [0.15, 0.2) is 18.2 Å². The Bertz CT molecular complexity index is 1040. The SMILES string of the molecule is CCOC(=O)c1c(NC(=O)c2ccc(OCC)c(OCC)c2)sc2c1CC(C)(C)NC2(C)C. The first-order valence-corrected chi connectivity index (χ1v) is 12.2. The van der Waals surface area contributed by atoms with Gasteiger partial charge in [-0.25, -0.2) is 4.79 Å².